The number of urea groups is 1. The van der Waals surface area contributed by atoms with E-state index in [2.05, 4.69) is 12.2 Å². The smallest absolute Gasteiger partial charge is 0.326 e. The predicted octanol–water partition coefficient (Wildman–Crippen LogP) is 5.19. The van der Waals surface area contributed by atoms with Gasteiger partial charge in [0.05, 0.1) is 17.8 Å². The number of carbonyl (C=O) groups is 1. The molecule has 2 amide bonds. The van der Waals surface area contributed by atoms with Crippen molar-refractivity contribution in [2.24, 2.45) is 5.92 Å². The molecule has 1 aliphatic rings. The molecule has 1 aliphatic carbocycles. The Morgan fingerprint density at radius 2 is 1.88 bits per heavy atom. The SMILES string of the molecule is COc1ccc(N(C(=O)Nc2ccccc2Cl)C(C)C2CC2)cc1. The second-order valence-electron chi connectivity index (χ2n) is 6.06. The molecular weight excluding hydrogens is 324 g/mol. The number of hydrogen-bond donors (Lipinski definition) is 1. The van der Waals surface area contributed by atoms with E-state index in [1.54, 1.807) is 24.1 Å². The van der Waals surface area contributed by atoms with E-state index >= 15 is 0 Å². The van der Waals surface area contributed by atoms with Gasteiger partial charge in [-0.05, 0) is 62.1 Å². The van der Waals surface area contributed by atoms with E-state index in [4.69, 9.17) is 16.3 Å². The number of carbonyl (C=O) groups excluding carboxylic acids is 1. The first-order chi connectivity index (χ1) is 11.6. The lowest BCUT2D eigenvalue weighted by Crippen LogP contribution is -2.42. The van der Waals surface area contributed by atoms with Crippen molar-refractivity contribution in [2.45, 2.75) is 25.8 Å². The standard InChI is InChI=1S/C19H21ClN2O2/c1-13(14-7-8-14)22(15-9-11-16(24-2)12-10-15)19(23)21-18-6-4-3-5-17(18)20/h3-6,9-14H,7-8H2,1-2H3,(H,21,23). The molecule has 0 bridgehead atoms. The molecule has 1 N–H and O–H groups in total. The quantitative estimate of drug-likeness (QED) is 0.811. The van der Waals surface area contributed by atoms with Crippen molar-refractivity contribution in [3.05, 3.63) is 53.6 Å². The Labute approximate surface area is 147 Å². The van der Waals surface area contributed by atoms with Crippen molar-refractivity contribution >= 4 is 29.0 Å². The Hall–Kier alpha value is -2.20. The van der Waals surface area contributed by atoms with Crippen molar-refractivity contribution in [1.82, 2.24) is 0 Å². The van der Waals surface area contributed by atoms with Gasteiger partial charge in [-0.3, -0.25) is 4.90 Å². The zero-order chi connectivity index (χ0) is 17.1. The van der Waals surface area contributed by atoms with Crippen molar-refractivity contribution < 1.29 is 9.53 Å². The molecule has 24 heavy (non-hydrogen) atoms. The third-order valence-electron chi connectivity index (χ3n) is 4.40. The average molecular weight is 345 g/mol. The fraction of sp³-hybridized carbons (Fsp3) is 0.316. The van der Waals surface area contributed by atoms with Gasteiger partial charge >= 0.3 is 6.03 Å². The van der Waals surface area contributed by atoms with E-state index in [-0.39, 0.29) is 12.1 Å². The molecule has 1 atom stereocenters. The topological polar surface area (TPSA) is 41.6 Å². The number of nitrogens with one attached hydrogen (secondary N) is 1. The monoisotopic (exact) mass is 344 g/mol. The minimum Gasteiger partial charge on any atom is -0.497 e. The summed E-state index contributed by atoms with van der Waals surface area (Å²) in [6.07, 6.45) is 2.32. The van der Waals surface area contributed by atoms with Crippen LogP contribution in [0.25, 0.3) is 0 Å². The van der Waals surface area contributed by atoms with Gasteiger partial charge in [-0.25, -0.2) is 4.79 Å². The molecule has 1 unspecified atom stereocenters. The highest BCUT2D eigenvalue weighted by molar-refractivity contribution is 6.33. The lowest BCUT2D eigenvalue weighted by atomic mass is 10.1. The second kappa shape index (κ2) is 7.14. The number of hydrogen-bond acceptors (Lipinski definition) is 2. The lowest BCUT2D eigenvalue weighted by molar-refractivity contribution is 0.254. The Balaban J connectivity index is 1.86. The first-order valence-corrected chi connectivity index (χ1v) is 8.46. The van der Waals surface area contributed by atoms with E-state index in [1.165, 1.54) is 0 Å². The summed E-state index contributed by atoms with van der Waals surface area (Å²) < 4.78 is 5.20. The van der Waals surface area contributed by atoms with Crippen molar-refractivity contribution in [1.29, 1.82) is 0 Å². The molecule has 0 spiro atoms. The molecule has 126 valence electrons. The van der Waals surface area contributed by atoms with Crippen LogP contribution in [0.2, 0.25) is 5.02 Å². The summed E-state index contributed by atoms with van der Waals surface area (Å²) in [6.45, 7) is 2.09. The minimum atomic E-state index is -0.173. The van der Waals surface area contributed by atoms with Crippen LogP contribution in [0.15, 0.2) is 48.5 Å². The minimum absolute atomic E-state index is 0.126. The van der Waals surface area contributed by atoms with Crippen LogP contribution in [0.5, 0.6) is 5.75 Å². The largest absolute Gasteiger partial charge is 0.497 e. The van der Waals surface area contributed by atoms with Crippen LogP contribution in [0.1, 0.15) is 19.8 Å². The molecule has 0 heterocycles. The van der Waals surface area contributed by atoms with Crippen LogP contribution >= 0.6 is 11.6 Å². The lowest BCUT2D eigenvalue weighted by Gasteiger charge is -2.30. The van der Waals surface area contributed by atoms with E-state index in [0.717, 1.165) is 24.3 Å². The number of halogens is 1. The molecule has 1 fully saturated rings. The van der Waals surface area contributed by atoms with Gasteiger partial charge < -0.3 is 10.1 Å². The van der Waals surface area contributed by atoms with Crippen LogP contribution < -0.4 is 15.0 Å². The number of methoxy groups -OCH3 is 1. The Morgan fingerprint density at radius 1 is 1.21 bits per heavy atom. The van der Waals surface area contributed by atoms with Crippen molar-refractivity contribution in [3.8, 4) is 5.75 Å². The Bertz CT molecular complexity index is 714. The normalized spacial score (nSPS) is 14.8. The van der Waals surface area contributed by atoms with Gasteiger partial charge in [0, 0.05) is 11.7 Å². The molecule has 0 radical (unpaired) electrons. The summed E-state index contributed by atoms with van der Waals surface area (Å²) in [7, 11) is 1.63. The summed E-state index contributed by atoms with van der Waals surface area (Å²) in [4.78, 5) is 14.7. The third-order valence-corrected chi connectivity index (χ3v) is 4.73. The third kappa shape index (κ3) is 3.65. The van der Waals surface area contributed by atoms with E-state index in [1.807, 2.05) is 36.4 Å². The van der Waals surface area contributed by atoms with Crippen LogP contribution in [0, 0.1) is 5.92 Å². The second-order valence-corrected chi connectivity index (χ2v) is 6.46. The molecule has 4 nitrogen and oxygen atoms in total. The van der Waals surface area contributed by atoms with Gasteiger partial charge in [0.15, 0.2) is 0 Å². The van der Waals surface area contributed by atoms with Gasteiger partial charge in [0.1, 0.15) is 5.75 Å². The van der Waals surface area contributed by atoms with Gasteiger partial charge in [-0.15, -0.1) is 0 Å². The zero-order valence-corrected chi connectivity index (χ0v) is 14.6. The zero-order valence-electron chi connectivity index (χ0n) is 13.8. The van der Waals surface area contributed by atoms with Crippen LogP contribution in [0.4, 0.5) is 16.2 Å². The highest BCUT2D eigenvalue weighted by Gasteiger charge is 2.35. The summed E-state index contributed by atoms with van der Waals surface area (Å²) in [5.74, 6) is 1.31. The fourth-order valence-corrected chi connectivity index (χ4v) is 2.99. The molecule has 0 aromatic heterocycles. The maximum Gasteiger partial charge on any atom is 0.326 e. The molecule has 1 saturated carbocycles. The molecule has 2 aromatic carbocycles. The number of amides is 2. The molecule has 0 aliphatic heterocycles. The number of ether oxygens (including phenoxy) is 1. The van der Waals surface area contributed by atoms with E-state index in [9.17, 15) is 4.79 Å². The number of rotatable bonds is 5. The Morgan fingerprint density at radius 3 is 2.46 bits per heavy atom. The van der Waals surface area contributed by atoms with Gasteiger partial charge in [0.2, 0.25) is 0 Å². The van der Waals surface area contributed by atoms with Crippen LogP contribution in [-0.2, 0) is 0 Å². The molecule has 5 heteroatoms. The van der Waals surface area contributed by atoms with Crippen molar-refractivity contribution in [2.75, 3.05) is 17.3 Å². The van der Waals surface area contributed by atoms with E-state index < -0.39 is 0 Å². The van der Waals surface area contributed by atoms with Crippen LogP contribution in [0.3, 0.4) is 0 Å². The number of nitrogens with zero attached hydrogens (tertiary/aromatic N) is 1. The Kier molecular flexibility index (Phi) is 4.95. The van der Waals surface area contributed by atoms with Gasteiger partial charge in [-0.2, -0.15) is 0 Å². The predicted molar refractivity (Wildman–Crippen MR) is 98.1 cm³/mol. The first-order valence-electron chi connectivity index (χ1n) is 8.09. The first kappa shape index (κ1) is 16.7. The maximum absolute atomic E-state index is 12.9. The molecular formula is C19H21ClN2O2. The van der Waals surface area contributed by atoms with Gasteiger partial charge in [-0.1, -0.05) is 23.7 Å². The summed E-state index contributed by atoms with van der Waals surface area (Å²) in [6, 6.07) is 14.8. The van der Waals surface area contributed by atoms with E-state index in [0.29, 0.717) is 16.6 Å². The summed E-state index contributed by atoms with van der Waals surface area (Å²) in [5.41, 5.74) is 1.46. The molecule has 0 saturated heterocycles. The number of benzene rings is 2. The highest BCUT2D eigenvalue weighted by Crippen LogP contribution is 2.37. The molecule has 2 aromatic rings. The van der Waals surface area contributed by atoms with Crippen molar-refractivity contribution in [3.63, 3.8) is 0 Å². The average Bonchev–Trinajstić information content (AvgIpc) is 3.43. The summed E-state index contributed by atoms with van der Waals surface area (Å²) in [5, 5.41) is 3.45. The maximum atomic E-state index is 12.9. The number of para-hydroxylation sites is 1. The van der Waals surface area contributed by atoms with Gasteiger partial charge in [0.25, 0.3) is 0 Å². The fourth-order valence-electron chi connectivity index (χ4n) is 2.81. The summed E-state index contributed by atoms with van der Waals surface area (Å²) >= 11 is 6.16. The highest BCUT2D eigenvalue weighted by atomic mass is 35.5. The van der Waals surface area contributed by atoms with Crippen LogP contribution in [-0.4, -0.2) is 19.2 Å². The molecule has 3 rings (SSSR count). The number of anilines is 2.